The Labute approximate surface area is 347 Å². The summed E-state index contributed by atoms with van der Waals surface area (Å²) in [5.41, 5.74) is 3.02. The Morgan fingerprint density at radius 3 is 0.966 bits per heavy atom. The van der Waals surface area contributed by atoms with E-state index < -0.39 is 15.6 Å². The van der Waals surface area contributed by atoms with Gasteiger partial charge in [-0.3, -0.25) is 31.9 Å². The molecule has 0 aliphatic heterocycles. The summed E-state index contributed by atoms with van der Waals surface area (Å²) >= 11 is 0. The van der Waals surface area contributed by atoms with E-state index in [1.54, 1.807) is 0 Å². The van der Waals surface area contributed by atoms with E-state index in [0.29, 0.717) is 18.6 Å². The highest BCUT2D eigenvalue weighted by Crippen LogP contribution is 2.53. The number of hydrogen-bond donors (Lipinski definition) is 0. The van der Waals surface area contributed by atoms with Gasteiger partial charge in [0.2, 0.25) is 0 Å². The van der Waals surface area contributed by atoms with Crippen molar-refractivity contribution in [2.24, 2.45) is 10.8 Å². The molecule has 0 amide bonds. The summed E-state index contributed by atoms with van der Waals surface area (Å²) in [5, 5.41) is 0. The Morgan fingerprint density at radius 2 is 0.690 bits per heavy atom. The number of benzene rings is 4. The van der Waals surface area contributed by atoms with Gasteiger partial charge in [-0.05, 0) is 58.8 Å². The molecule has 0 atom stereocenters. The number of rotatable bonds is 30. The molecule has 0 N–H and O–H groups in total. The number of carbonyl (C=O) groups is 1. The lowest BCUT2D eigenvalue weighted by atomic mass is 9.87. The van der Waals surface area contributed by atoms with Gasteiger partial charge in [0.1, 0.15) is 5.78 Å². The molecule has 0 aliphatic rings. The Kier molecular flexibility index (Phi) is 20.3. The predicted molar refractivity (Wildman–Crippen MR) is 231 cm³/mol. The zero-order chi connectivity index (χ0) is 41.6. The molecule has 0 bridgehead atoms. The molecule has 4 aromatic carbocycles. The molecule has 0 saturated heterocycles. The standard InChI is InChI=1S/C47H64O9P2/c1-46(2,39-55-57(49,51-35-41-23-11-5-12-24-41)52-36-42-25-13-6-14-26-42)33-21-9-19-31-45(48)32-20-10-22-34-47(3,4)40-56-58(50,53-37-43-27-15-7-16-28-43)54-38-44-29-17-8-18-30-44/h5-8,11-18,23-30H,9-10,19-22,31-40H2,1-4H3. The molecule has 0 aliphatic carbocycles. The second-order valence-electron chi connectivity index (χ2n) is 16.5. The van der Waals surface area contributed by atoms with Gasteiger partial charge in [-0.1, -0.05) is 175 Å². The molecule has 0 spiro atoms. The molecule has 0 heterocycles. The van der Waals surface area contributed by atoms with E-state index >= 15 is 0 Å². The van der Waals surface area contributed by atoms with Crippen LogP contribution in [0.3, 0.4) is 0 Å². The minimum atomic E-state index is -3.84. The molecule has 4 aromatic rings. The number of ketones is 1. The maximum atomic E-state index is 13.7. The summed E-state index contributed by atoms with van der Waals surface area (Å²) in [6.45, 7) is 9.27. The molecule has 0 unspecified atom stereocenters. The Hall–Kier alpha value is -3.23. The fourth-order valence-corrected chi connectivity index (χ4v) is 8.81. The van der Waals surface area contributed by atoms with Crippen molar-refractivity contribution < 1.29 is 41.1 Å². The van der Waals surface area contributed by atoms with Crippen molar-refractivity contribution in [3.8, 4) is 0 Å². The molecule has 0 saturated carbocycles. The Bertz CT molecular complexity index is 1590. The minimum absolute atomic E-state index is 0.121. The lowest BCUT2D eigenvalue weighted by Crippen LogP contribution is -2.19. The number of carbonyl (C=O) groups excluding carboxylic acids is 1. The molecule has 58 heavy (non-hydrogen) atoms. The maximum Gasteiger partial charge on any atom is 0.475 e. The summed E-state index contributed by atoms with van der Waals surface area (Å²) in [4.78, 5) is 12.7. The van der Waals surface area contributed by atoms with Crippen molar-refractivity contribution >= 4 is 21.4 Å². The minimum Gasteiger partial charge on any atom is -0.300 e. The van der Waals surface area contributed by atoms with E-state index in [-0.39, 0.29) is 50.5 Å². The van der Waals surface area contributed by atoms with Crippen molar-refractivity contribution in [1.29, 1.82) is 0 Å². The van der Waals surface area contributed by atoms with Gasteiger partial charge in [0.15, 0.2) is 0 Å². The normalized spacial score (nSPS) is 12.5. The second kappa shape index (κ2) is 24.8. The first-order chi connectivity index (χ1) is 27.8. The summed E-state index contributed by atoms with van der Waals surface area (Å²) in [6, 6.07) is 38.2. The maximum absolute atomic E-state index is 13.7. The largest absolute Gasteiger partial charge is 0.475 e. The molecule has 0 fully saturated rings. The highest BCUT2D eigenvalue weighted by Gasteiger charge is 2.32. The molecule has 0 radical (unpaired) electrons. The quantitative estimate of drug-likeness (QED) is 0.0375. The Balaban J connectivity index is 1.10. The van der Waals surface area contributed by atoms with Crippen LogP contribution >= 0.6 is 15.6 Å². The van der Waals surface area contributed by atoms with E-state index in [9.17, 15) is 13.9 Å². The first kappa shape index (κ1) is 47.4. The van der Waals surface area contributed by atoms with Gasteiger partial charge in [0, 0.05) is 12.8 Å². The van der Waals surface area contributed by atoms with Crippen LogP contribution in [0.5, 0.6) is 0 Å². The van der Waals surface area contributed by atoms with Crippen LogP contribution in [0, 0.1) is 10.8 Å². The van der Waals surface area contributed by atoms with E-state index in [2.05, 4.69) is 27.7 Å². The van der Waals surface area contributed by atoms with Crippen molar-refractivity contribution in [3.05, 3.63) is 144 Å². The van der Waals surface area contributed by atoms with Gasteiger partial charge in [0.05, 0.1) is 39.6 Å². The number of hydrogen-bond acceptors (Lipinski definition) is 9. The molecule has 0 aromatic heterocycles. The average Bonchev–Trinajstić information content (AvgIpc) is 3.24. The molecular weight excluding hydrogens is 770 g/mol. The number of Topliss-reactive ketones (excluding diaryl/α,β-unsaturated/α-hetero) is 1. The summed E-state index contributed by atoms with van der Waals surface area (Å²) in [7, 11) is -7.68. The van der Waals surface area contributed by atoms with Gasteiger partial charge in [-0.25, -0.2) is 9.13 Å². The van der Waals surface area contributed by atoms with Crippen LogP contribution < -0.4 is 0 Å². The number of phosphoric ester groups is 2. The fraction of sp³-hybridized carbons (Fsp3) is 0.468. The van der Waals surface area contributed by atoms with Gasteiger partial charge < -0.3 is 0 Å². The summed E-state index contributed by atoms with van der Waals surface area (Å²) in [6.07, 6.45) is 8.28. The van der Waals surface area contributed by atoms with Crippen molar-refractivity contribution in [2.45, 2.75) is 118 Å². The van der Waals surface area contributed by atoms with Crippen LogP contribution in [0.1, 0.15) is 114 Å². The molecule has 316 valence electrons. The average molecular weight is 835 g/mol. The topological polar surface area (TPSA) is 107 Å². The Morgan fingerprint density at radius 1 is 0.414 bits per heavy atom. The van der Waals surface area contributed by atoms with Crippen LogP contribution in [0.25, 0.3) is 0 Å². The van der Waals surface area contributed by atoms with Gasteiger partial charge in [0.25, 0.3) is 0 Å². The van der Waals surface area contributed by atoms with E-state index in [1.807, 2.05) is 121 Å². The first-order valence-electron chi connectivity index (χ1n) is 20.6. The zero-order valence-electron chi connectivity index (χ0n) is 34.9. The second-order valence-corrected chi connectivity index (χ2v) is 19.8. The summed E-state index contributed by atoms with van der Waals surface area (Å²) in [5.74, 6) is 0.296. The lowest BCUT2D eigenvalue weighted by molar-refractivity contribution is -0.119. The van der Waals surface area contributed by atoms with Crippen molar-refractivity contribution in [3.63, 3.8) is 0 Å². The van der Waals surface area contributed by atoms with Crippen LogP contribution in [0.2, 0.25) is 0 Å². The van der Waals surface area contributed by atoms with E-state index in [0.717, 1.165) is 73.6 Å². The number of unbranched alkanes of at least 4 members (excludes halogenated alkanes) is 4. The monoisotopic (exact) mass is 834 g/mol. The van der Waals surface area contributed by atoms with Gasteiger partial charge >= 0.3 is 15.6 Å². The smallest absolute Gasteiger partial charge is 0.300 e. The van der Waals surface area contributed by atoms with E-state index in [1.165, 1.54) is 0 Å². The first-order valence-corrected chi connectivity index (χ1v) is 23.5. The van der Waals surface area contributed by atoms with E-state index in [4.69, 9.17) is 27.1 Å². The van der Waals surface area contributed by atoms with Gasteiger partial charge in [-0.15, -0.1) is 0 Å². The molecular formula is C47H64O9P2. The van der Waals surface area contributed by atoms with Crippen molar-refractivity contribution in [1.82, 2.24) is 0 Å². The highest BCUT2D eigenvalue weighted by molar-refractivity contribution is 7.48. The SMILES string of the molecule is CC(C)(CCCCCC(=O)CCCCCC(C)(C)COP(=O)(OCc1ccccc1)OCc1ccccc1)COP(=O)(OCc1ccccc1)OCc1ccccc1. The van der Waals surface area contributed by atoms with Crippen LogP contribution in [0.15, 0.2) is 121 Å². The lowest BCUT2D eigenvalue weighted by Gasteiger charge is -2.27. The van der Waals surface area contributed by atoms with Crippen LogP contribution in [-0.4, -0.2) is 19.0 Å². The third kappa shape index (κ3) is 19.7. The van der Waals surface area contributed by atoms with Crippen molar-refractivity contribution in [2.75, 3.05) is 13.2 Å². The fourth-order valence-electron chi connectivity index (χ4n) is 6.12. The predicted octanol–water partition coefficient (Wildman–Crippen LogP) is 13.6. The third-order valence-electron chi connectivity index (χ3n) is 9.77. The number of phosphoric acid groups is 2. The zero-order valence-corrected chi connectivity index (χ0v) is 36.7. The molecule has 9 nitrogen and oxygen atoms in total. The highest BCUT2D eigenvalue weighted by atomic mass is 31.2. The van der Waals surface area contributed by atoms with Crippen LogP contribution in [0.4, 0.5) is 0 Å². The summed E-state index contributed by atoms with van der Waals surface area (Å²) < 4.78 is 62.4. The van der Waals surface area contributed by atoms with Crippen LogP contribution in [-0.2, 0) is 67.5 Å². The molecule has 11 heteroatoms. The van der Waals surface area contributed by atoms with Gasteiger partial charge in [-0.2, -0.15) is 0 Å². The molecule has 4 rings (SSSR count). The third-order valence-corrected chi connectivity index (χ3v) is 12.4.